The van der Waals surface area contributed by atoms with Gasteiger partial charge in [0.1, 0.15) is 11.6 Å². The molecule has 1 rings (SSSR count). The number of hydrogen-bond acceptors (Lipinski definition) is 3. The number of esters is 1. The predicted octanol–water partition coefficient (Wildman–Crippen LogP) is 2.27. The number of hydrogen-bond donors (Lipinski definition) is 1. The Balaban J connectivity index is 2.79. The molecule has 0 unspecified atom stereocenters. The molecular formula is C11H11FO3. The summed E-state index contributed by atoms with van der Waals surface area (Å²) in [4.78, 5) is 10.9. The minimum atomic E-state index is -0.719. The molecule has 0 atom stereocenters. The first-order chi connectivity index (χ1) is 7.13. The molecule has 0 bridgehead atoms. The lowest BCUT2D eigenvalue weighted by molar-refractivity contribution is -0.137. The first-order valence-electron chi connectivity index (χ1n) is 4.47. The van der Waals surface area contributed by atoms with Crippen molar-refractivity contribution in [3.63, 3.8) is 0 Å². The number of aromatic hydroxyl groups is 1. The minimum Gasteiger partial charge on any atom is -0.508 e. The van der Waals surface area contributed by atoms with Crippen molar-refractivity contribution in [3.8, 4) is 5.75 Å². The number of rotatable bonds is 3. The molecule has 0 aliphatic rings. The van der Waals surface area contributed by atoms with Gasteiger partial charge in [0, 0.05) is 5.56 Å². The fraction of sp³-hybridized carbons (Fsp3) is 0.182. The van der Waals surface area contributed by atoms with Gasteiger partial charge in [-0.05, 0) is 31.2 Å². The molecule has 0 saturated heterocycles. The van der Waals surface area contributed by atoms with Gasteiger partial charge in [0.05, 0.1) is 12.7 Å². The molecule has 1 aromatic rings. The molecule has 0 aliphatic heterocycles. The first-order valence-corrected chi connectivity index (χ1v) is 4.47. The topological polar surface area (TPSA) is 46.5 Å². The van der Waals surface area contributed by atoms with E-state index in [2.05, 4.69) is 4.74 Å². The summed E-state index contributed by atoms with van der Waals surface area (Å²) >= 11 is 0. The number of carbonyl (C=O) groups excluding carboxylic acids is 1. The summed E-state index contributed by atoms with van der Waals surface area (Å²) in [6.07, 6.45) is 0.774. The van der Waals surface area contributed by atoms with Crippen LogP contribution < -0.4 is 0 Å². The van der Waals surface area contributed by atoms with Crippen molar-refractivity contribution in [2.45, 2.75) is 6.92 Å². The first kappa shape index (κ1) is 11.2. The second-order valence-electron chi connectivity index (χ2n) is 2.79. The van der Waals surface area contributed by atoms with E-state index in [1.165, 1.54) is 24.3 Å². The highest BCUT2D eigenvalue weighted by Crippen LogP contribution is 2.18. The Bertz CT molecular complexity index is 368. The maximum absolute atomic E-state index is 13.3. The van der Waals surface area contributed by atoms with Crippen molar-refractivity contribution in [2.75, 3.05) is 6.61 Å². The molecule has 0 amide bonds. The maximum Gasteiger partial charge on any atom is 0.333 e. The normalized spacial score (nSPS) is 11.2. The quantitative estimate of drug-likeness (QED) is 0.614. The van der Waals surface area contributed by atoms with Gasteiger partial charge in [0.2, 0.25) is 0 Å². The van der Waals surface area contributed by atoms with E-state index in [0.29, 0.717) is 0 Å². The van der Waals surface area contributed by atoms with E-state index < -0.39 is 11.8 Å². The Kier molecular flexibility index (Phi) is 3.85. The second-order valence-corrected chi connectivity index (χ2v) is 2.79. The van der Waals surface area contributed by atoms with Crippen molar-refractivity contribution >= 4 is 11.8 Å². The van der Waals surface area contributed by atoms with Crippen LogP contribution in [0.3, 0.4) is 0 Å². The molecule has 0 aliphatic carbocycles. The van der Waals surface area contributed by atoms with Crippen LogP contribution in [0.4, 0.5) is 4.39 Å². The second kappa shape index (κ2) is 5.14. The maximum atomic E-state index is 13.3. The van der Waals surface area contributed by atoms with Gasteiger partial charge in [0.25, 0.3) is 0 Å². The van der Waals surface area contributed by atoms with Crippen molar-refractivity contribution in [2.24, 2.45) is 0 Å². The summed E-state index contributed by atoms with van der Waals surface area (Å²) in [5, 5.41) is 8.97. The van der Waals surface area contributed by atoms with Crippen LogP contribution in [-0.4, -0.2) is 17.7 Å². The molecular weight excluding hydrogens is 199 g/mol. The van der Waals surface area contributed by atoms with Crippen molar-refractivity contribution in [1.82, 2.24) is 0 Å². The predicted molar refractivity (Wildman–Crippen MR) is 53.8 cm³/mol. The van der Waals surface area contributed by atoms with Crippen LogP contribution in [0, 0.1) is 0 Å². The van der Waals surface area contributed by atoms with Gasteiger partial charge in [-0.1, -0.05) is 0 Å². The zero-order chi connectivity index (χ0) is 11.3. The van der Waals surface area contributed by atoms with Crippen LogP contribution in [0.5, 0.6) is 5.75 Å². The van der Waals surface area contributed by atoms with E-state index in [1.54, 1.807) is 6.92 Å². The molecule has 0 spiro atoms. The third-order valence-electron chi connectivity index (χ3n) is 1.67. The monoisotopic (exact) mass is 210 g/mol. The van der Waals surface area contributed by atoms with Crippen LogP contribution in [0.2, 0.25) is 0 Å². The highest BCUT2D eigenvalue weighted by atomic mass is 19.1. The van der Waals surface area contributed by atoms with Crippen LogP contribution in [0.25, 0.3) is 5.83 Å². The fourth-order valence-corrected chi connectivity index (χ4v) is 0.991. The average molecular weight is 210 g/mol. The van der Waals surface area contributed by atoms with E-state index in [-0.39, 0.29) is 17.9 Å². The van der Waals surface area contributed by atoms with Gasteiger partial charge in [0.15, 0.2) is 0 Å². The van der Waals surface area contributed by atoms with Gasteiger partial charge < -0.3 is 9.84 Å². The number of benzene rings is 1. The summed E-state index contributed by atoms with van der Waals surface area (Å²) in [6, 6.07) is 5.43. The smallest absolute Gasteiger partial charge is 0.333 e. The van der Waals surface area contributed by atoms with Crippen LogP contribution >= 0.6 is 0 Å². The summed E-state index contributed by atoms with van der Waals surface area (Å²) in [5.41, 5.74) is 0.223. The Morgan fingerprint density at radius 3 is 2.60 bits per heavy atom. The molecule has 1 aromatic carbocycles. The minimum absolute atomic E-state index is 0.0442. The zero-order valence-corrected chi connectivity index (χ0v) is 8.24. The van der Waals surface area contributed by atoms with Gasteiger partial charge >= 0.3 is 5.97 Å². The molecule has 80 valence electrons. The SMILES string of the molecule is CCOC(=O)/C=C(\F)c1ccc(O)cc1. The molecule has 15 heavy (non-hydrogen) atoms. The highest BCUT2D eigenvalue weighted by molar-refractivity contribution is 5.89. The highest BCUT2D eigenvalue weighted by Gasteiger charge is 2.04. The lowest BCUT2D eigenvalue weighted by Gasteiger charge is -1.99. The number of phenols is 1. The van der Waals surface area contributed by atoms with Crippen LogP contribution in [0.1, 0.15) is 12.5 Å². The molecule has 0 saturated carbocycles. The van der Waals surface area contributed by atoms with Gasteiger partial charge in [-0.15, -0.1) is 0 Å². The lowest BCUT2D eigenvalue weighted by Crippen LogP contribution is -1.99. The van der Waals surface area contributed by atoms with Crippen LogP contribution in [0.15, 0.2) is 30.3 Å². The van der Waals surface area contributed by atoms with Crippen molar-refractivity contribution in [3.05, 3.63) is 35.9 Å². The van der Waals surface area contributed by atoms with Crippen molar-refractivity contribution < 1.29 is 19.0 Å². The fourth-order valence-electron chi connectivity index (χ4n) is 0.991. The Morgan fingerprint density at radius 2 is 2.07 bits per heavy atom. The van der Waals surface area contributed by atoms with E-state index in [4.69, 9.17) is 5.11 Å². The summed E-state index contributed by atoms with van der Waals surface area (Å²) in [6.45, 7) is 1.85. The Hall–Kier alpha value is -1.84. The molecule has 3 nitrogen and oxygen atoms in total. The molecule has 0 heterocycles. The number of phenolic OH excluding ortho intramolecular Hbond substituents is 1. The molecule has 0 radical (unpaired) electrons. The zero-order valence-electron chi connectivity index (χ0n) is 8.24. The van der Waals surface area contributed by atoms with Gasteiger partial charge in [-0.2, -0.15) is 0 Å². The van der Waals surface area contributed by atoms with Crippen molar-refractivity contribution in [1.29, 1.82) is 0 Å². The molecule has 4 heteroatoms. The van der Waals surface area contributed by atoms with E-state index in [1.807, 2.05) is 0 Å². The average Bonchev–Trinajstić information content (AvgIpc) is 2.18. The van der Waals surface area contributed by atoms with E-state index in [9.17, 15) is 9.18 Å². The van der Waals surface area contributed by atoms with E-state index >= 15 is 0 Å². The molecule has 1 N–H and O–H groups in total. The third kappa shape index (κ3) is 3.42. The third-order valence-corrected chi connectivity index (χ3v) is 1.67. The van der Waals surface area contributed by atoms with E-state index in [0.717, 1.165) is 6.08 Å². The molecule has 0 fully saturated rings. The lowest BCUT2D eigenvalue weighted by atomic mass is 10.2. The van der Waals surface area contributed by atoms with Gasteiger partial charge in [-0.25, -0.2) is 9.18 Å². The number of ether oxygens (including phenoxy) is 1. The van der Waals surface area contributed by atoms with Crippen LogP contribution in [-0.2, 0) is 9.53 Å². The Labute approximate surface area is 86.8 Å². The van der Waals surface area contributed by atoms with Gasteiger partial charge in [-0.3, -0.25) is 0 Å². The Morgan fingerprint density at radius 1 is 1.47 bits per heavy atom. The molecule has 0 aromatic heterocycles. The summed E-state index contributed by atoms with van der Waals surface area (Å²) < 4.78 is 17.9. The largest absolute Gasteiger partial charge is 0.508 e. The summed E-state index contributed by atoms with van der Waals surface area (Å²) in [5.74, 6) is -1.36. The number of halogens is 1. The summed E-state index contributed by atoms with van der Waals surface area (Å²) in [7, 11) is 0. The number of carbonyl (C=O) groups is 1. The standard InChI is InChI=1S/C11H11FO3/c1-2-15-11(14)7-10(12)8-3-5-9(13)6-4-8/h3-7,13H,2H2,1H3/b10-7-.